The van der Waals surface area contributed by atoms with Gasteiger partial charge in [-0.05, 0) is 32.1 Å². The molecule has 2 heteroatoms. The van der Waals surface area contributed by atoms with E-state index in [0.717, 1.165) is 5.92 Å². The third-order valence-corrected chi connectivity index (χ3v) is 5.32. The van der Waals surface area contributed by atoms with Crippen molar-refractivity contribution in [3.63, 3.8) is 0 Å². The van der Waals surface area contributed by atoms with Gasteiger partial charge in [-0.2, -0.15) is 0 Å². The number of piperidine rings is 1. The number of likely N-dealkylation sites (tertiary alicyclic amines) is 1. The Hall–Kier alpha value is -0.550. The van der Waals surface area contributed by atoms with E-state index in [-0.39, 0.29) is 0 Å². The Labute approximate surface area is 146 Å². The SMILES string of the molecule is CCCCCCCCCCC[NH+]1CCCC(CCCC)C1.[C-]#N. The van der Waals surface area contributed by atoms with Crippen LogP contribution in [-0.4, -0.2) is 19.6 Å². The number of nitrogens with zero attached hydrogens (tertiary/aromatic N) is 1. The molecule has 1 N–H and O–H groups in total. The molecule has 2 unspecified atom stereocenters. The standard InChI is InChI=1S/C20H41N.CN/c1-3-5-7-8-9-10-11-12-13-17-21-18-14-16-20(19-21)15-6-4-2;1-2/h20H,3-19H2,1-2H3;/q;-1/p+1. The van der Waals surface area contributed by atoms with E-state index < -0.39 is 0 Å². The molecule has 1 heterocycles. The smallest absolute Gasteiger partial charge is 0.0799 e. The van der Waals surface area contributed by atoms with Crippen LogP contribution in [0.4, 0.5) is 0 Å². The van der Waals surface area contributed by atoms with Crippen LogP contribution < -0.4 is 4.90 Å². The van der Waals surface area contributed by atoms with Gasteiger partial charge >= 0.3 is 0 Å². The number of unbranched alkanes of at least 4 members (excludes halogenated alkanes) is 9. The van der Waals surface area contributed by atoms with E-state index in [9.17, 15) is 0 Å². The lowest BCUT2D eigenvalue weighted by molar-refractivity contribution is -0.909. The molecule has 136 valence electrons. The zero-order chi connectivity index (χ0) is 17.2. The Bertz CT molecular complexity index is 249. The highest BCUT2D eigenvalue weighted by Crippen LogP contribution is 2.15. The molecule has 1 saturated heterocycles. The second-order valence-corrected chi connectivity index (χ2v) is 7.43. The number of hydrogen-bond donors (Lipinski definition) is 1. The molecule has 0 spiro atoms. The van der Waals surface area contributed by atoms with Gasteiger partial charge in [-0.1, -0.05) is 71.6 Å². The summed E-state index contributed by atoms with van der Waals surface area (Å²) in [5, 5.41) is 6.25. The molecule has 23 heavy (non-hydrogen) atoms. The molecule has 0 aromatic carbocycles. The van der Waals surface area contributed by atoms with E-state index in [4.69, 9.17) is 11.8 Å². The van der Waals surface area contributed by atoms with Crippen molar-refractivity contribution in [1.29, 1.82) is 5.26 Å². The molecule has 0 saturated carbocycles. The normalized spacial score (nSPS) is 20.7. The Morgan fingerprint density at radius 1 is 0.826 bits per heavy atom. The van der Waals surface area contributed by atoms with Gasteiger partial charge in [0.15, 0.2) is 0 Å². The number of rotatable bonds is 13. The molecule has 1 aliphatic heterocycles. The molecule has 2 atom stereocenters. The molecule has 0 radical (unpaired) electrons. The van der Waals surface area contributed by atoms with Crippen LogP contribution in [0.5, 0.6) is 0 Å². The lowest BCUT2D eigenvalue weighted by atomic mass is 9.92. The van der Waals surface area contributed by atoms with Gasteiger partial charge in [0, 0.05) is 5.92 Å². The summed E-state index contributed by atoms with van der Waals surface area (Å²) in [4.78, 5) is 1.92. The fourth-order valence-corrected chi connectivity index (χ4v) is 3.91. The molecule has 1 fully saturated rings. The molecule has 0 bridgehead atoms. The zero-order valence-electron chi connectivity index (χ0n) is 16.0. The first-order chi connectivity index (χ1) is 11.4. The van der Waals surface area contributed by atoms with Crippen molar-refractivity contribution in [2.24, 2.45) is 5.92 Å². The minimum atomic E-state index is 1.05. The summed E-state index contributed by atoms with van der Waals surface area (Å²) in [6, 6.07) is 0. The van der Waals surface area contributed by atoms with Crippen LogP contribution in [0.15, 0.2) is 0 Å². The summed E-state index contributed by atoms with van der Waals surface area (Å²) in [6.45, 7) is 13.8. The summed E-state index contributed by atoms with van der Waals surface area (Å²) in [7, 11) is 0. The predicted molar refractivity (Wildman–Crippen MR) is 100 cm³/mol. The maximum Gasteiger partial charge on any atom is 0.0799 e. The Kier molecular flexibility index (Phi) is 17.4. The third kappa shape index (κ3) is 13.6. The van der Waals surface area contributed by atoms with Gasteiger partial charge in [0.2, 0.25) is 0 Å². The second-order valence-electron chi connectivity index (χ2n) is 7.43. The molecule has 1 aliphatic rings. The molecule has 1 rings (SSSR count). The maximum absolute atomic E-state index is 6.25. The fraction of sp³-hybridized carbons (Fsp3) is 0.952. The fourth-order valence-electron chi connectivity index (χ4n) is 3.91. The van der Waals surface area contributed by atoms with Crippen molar-refractivity contribution < 1.29 is 4.90 Å². The molecular weight excluding hydrogens is 280 g/mol. The number of quaternary nitrogens is 1. The van der Waals surface area contributed by atoms with Gasteiger partial charge in [-0.3, -0.25) is 0 Å². The van der Waals surface area contributed by atoms with Crippen molar-refractivity contribution in [2.45, 2.75) is 104 Å². The van der Waals surface area contributed by atoms with E-state index in [2.05, 4.69) is 13.8 Å². The monoisotopic (exact) mass is 322 g/mol. The molecule has 0 aromatic heterocycles. The first-order valence-corrected chi connectivity index (χ1v) is 10.4. The highest BCUT2D eigenvalue weighted by molar-refractivity contribution is 4.62. The number of hydrogen-bond acceptors (Lipinski definition) is 1. The van der Waals surface area contributed by atoms with E-state index in [1.807, 2.05) is 4.90 Å². The minimum Gasteiger partial charge on any atom is -0.512 e. The van der Waals surface area contributed by atoms with Crippen LogP contribution in [-0.2, 0) is 0 Å². The first kappa shape index (κ1) is 22.4. The summed E-state index contributed by atoms with van der Waals surface area (Å²) in [6.07, 6.45) is 20.5. The van der Waals surface area contributed by atoms with Crippen LogP contribution in [0, 0.1) is 17.8 Å². The van der Waals surface area contributed by atoms with Crippen molar-refractivity contribution in [1.82, 2.24) is 0 Å². The Morgan fingerprint density at radius 3 is 2.00 bits per heavy atom. The van der Waals surface area contributed by atoms with Gasteiger partial charge < -0.3 is 16.7 Å². The lowest BCUT2D eigenvalue weighted by Gasteiger charge is -2.30. The molecule has 2 nitrogen and oxygen atoms in total. The zero-order valence-corrected chi connectivity index (χ0v) is 16.0. The van der Waals surface area contributed by atoms with Crippen molar-refractivity contribution in [3.8, 4) is 0 Å². The molecule has 0 aromatic rings. The van der Waals surface area contributed by atoms with Gasteiger partial charge in [-0.25, -0.2) is 0 Å². The second kappa shape index (κ2) is 17.8. The van der Waals surface area contributed by atoms with Crippen molar-refractivity contribution in [3.05, 3.63) is 6.57 Å². The Balaban J connectivity index is 0.00000232. The average molecular weight is 323 g/mol. The van der Waals surface area contributed by atoms with Crippen LogP contribution >= 0.6 is 0 Å². The molecular formula is C21H42N2. The van der Waals surface area contributed by atoms with Crippen molar-refractivity contribution in [2.75, 3.05) is 19.6 Å². The lowest BCUT2D eigenvalue weighted by Crippen LogP contribution is -3.13. The van der Waals surface area contributed by atoms with Crippen LogP contribution in [0.1, 0.15) is 104 Å². The summed E-state index contributed by atoms with van der Waals surface area (Å²) >= 11 is 0. The number of nitrogens with one attached hydrogen (secondary N) is 1. The highest BCUT2D eigenvalue weighted by Gasteiger charge is 2.21. The van der Waals surface area contributed by atoms with Gasteiger partial charge in [0.1, 0.15) is 0 Å². The van der Waals surface area contributed by atoms with Gasteiger partial charge in [-0.15, -0.1) is 0 Å². The summed E-state index contributed by atoms with van der Waals surface area (Å²) < 4.78 is 0. The van der Waals surface area contributed by atoms with Crippen LogP contribution in [0.25, 0.3) is 0 Å². The highest BCUT2D eigenvalue weighted by atomic mass is 15.1. The van der Waals surface area contributed by atoms with E-state index in [1.54, 1.807) is 0 Å². The maximum atomic E-state index is 6.25. The van der Waals surface area contributed by atoms with E-state index >= 15 is 0 Å². The van der Waals surface area contributed by atoms with Gasteiger partial charge in [0.05, 0.1) is 19.6 Å². The van der Waals surface area contributed by atoms with E-state index in [1.165, 1.54) is 110 Å². The van der Waals surface area contributed by atoms with Crippen LogP contribution in [0.3, 0.4) is 0 Å². The topological polar surface area (TPSA) is 28.2 Å². The Morgan fingerprint density at radius 2 is 1.39 bits per heavy atom. The first-order valence-electron chi connectivity index (χ1n) is 10.4. The van der Waals surface area contributed by atoms with E-state index in [0.29, 0.717) is 0 Å². The quantitative estimate of drug-likeness (QED) is 0.371. The van der Waals surface area contributed by atoms with Crippen molar-refractivity contribution >= 4 is 0 Å². The predicted octanol–water partition coefficient (Wildman–Crippen LogP) is 5.10. The third-order valence-electron chi connectivity index (χ3n) is 5.32. The molecule has 0 aliphatic carbocycles. The minimum absolute atomic E-state index is 1.05. The molecule has 0 amide bonds. The summed E-state index contributed by atoms with van der Waals surface area (Å²) in [5.74, 6) is 1.05. The largest absolute Gasteiger partial charge is 0.512 e. The van der Waals surface area contributed by atoms with Gasteiger partial charge in [0.25, 0.3) is 0 Å². The summed E-state index contributed by atoms with van der Waals surface area (Å²) in [5.41, 5.74) is 0. The average Bonchev–Trinajstić information content (AvgIpc) is 2.60. The van der Waals surface area contributed by atoms with Crippen LogP contribution in [0.2, 0.25) is 0 Å².